The molecule has 0 amide bonds. The largest absolute Gasteiger partial charge is 0.327 e. The number of halogens is 2. The van der Waals surface area contributed by atoms with Crippen molar-refractivity contribution >= 4 is 11.5 Å². The molecule has 5 heteroatoms. The van der Waals surface area contributed by atoms with Crippen LogP contribution in [0, 0.1) is 23.0 Å². The van der Waals surface area contributed by atoms with E-state index in [1.54, 1.807) is 19.2 Å². The highest BCUT2D eigenvalue weighted by Crippen LogP contribution is 2.25. The van der Waals surface area contributed by atoms with Gasteiger partial charge in [0.15, 0.2) is 0 Å². The summed E-state index contributed by atoms with van der Waals surface area (Å²) in [6, 6.07) is 8.46. The topological polar surface area (TPSA) is 39.9 Å². The zero-order valence-electron chi connectivity index (χ0n) is 9.56. The number of aromatic nitrogens is 1. The summed E-state index contributed by atoms with van der Waals surface area (Å²) in [4.78, 5) is 5.51. The van der Waals surface area contributed by atoms with Crippen molar-refractivity contribution < 1.29 is 8.78 Å². The molecule has 0 aliphatic rings. The van der Waals surface area contributed by atoms with Gasteiger partial charge in [-0.15, -0.1) is 0 Å². The van der Waals surface area contributed by atoms with Gasteiger partial charge in [0.05, 0.1) is 11.3 Å². The van der Waals surface area contributed by atoms with Crippen molar-refractivity contribution in [1.82, 2.24) is 4.98 Å². The first-order valence-electron chi connectivity index (χ1n) is 5.17. The normalized spacial score (nSPS) is 9.89. The van der Waals surface area contributed by atoms with Gasteiger partial charge in [0.1, 0.15) is 23.5 Å². The van der Waals surface area contributed by atoms with E-state index in [4.69, 9.17) is 5.26 Å². The molecule has 1 aromatic carbocycles. The highest BCUT2D eigenvalue weighted by atomic mass is 19.1. The van der Waals surface area contributed by atoms with Gasteiger partial charge in [0, 0.05) is 19.3 Å². The molecule has 1 heterocycles. The lowest BCUT2D eigenvalue weighted by molar-refractivity contribution is 0.583. The summed E-state index contributed by atoms with van der Waals surface area (Å²) in [5.74, 6) is -0.819. The number of anilines is 2. The van der Waals surface area contributed by atoms with Crippen LogP contribution in [0.15, 0.2) is 36.5 Å². The monoisotopic (exact) mass is 245 g/mol. The molecule has 0 bridgehead atoms. The second kappa shape index (κ2) is 4.80. The summed E-state index contributed by atoms with van der Waals surface area (Å²) in [5, 5.41) is 8.65. The van der Waals surface area contributed by atoms with Gasteiger partial charge < -0.3 is 4.90 Å². The van der Waals surface area contributed by atoms with Crippen molar-refractivity contribution in [2.45, 2.75) is 0 Å². The van der Waals surface area contributed by atoms with Crippen LogP contribution < -0.4 is 4.90 Å². The fraction of sp³-hybridized carbons (Fsp3) is 0.0769. The van der Waals surface area contributed by atoms with Crippen molar-refractivity contribution in [3.8, 4) is 6.07 Å². The van der Waals surface area contributed by atoms with Crippen LogP contribution in [-0.4, -0.2) is 12.0 Å². The molecule has 0 radical (unpaired) electrons. The third-order valence-electron chi connectivity index (χ3n) is 2.49. The number of nitrogens with zero attached hydrogens (tertiary/aromatic N) is 3. The summed E-state index contributed by atoms with van der Waals surface area (Å²) >= 11 is 0. The Balaban J connectivity index is 2.35. The van der Waals surface area contributed by atoms with Gasteiger partial charge in [-0.05, 0) is 24.3 Å². The zero-order chi connectivity index (χ0) is 13.1. The number of benzene rings is 1. The van der Waals surface area contributed by atoms with E-state index in [0.717, 1.165) is 6.07 Å². The van der Waals surface area contributed by atoms with E-state index in [0.29, 0.717) is 11.4 Å². The van der Waals surface area contributed by atoms with Crippen LogP contribution in [0.1, 0.15) is 5.56 Å². The molecule has 18 heavy (non-hydrogen) atoms. The van der Waals surface area contributed by atoms with Crippen molar-refractivity contribution in [3.63, 3.8) is 0 Å². The molecule has 0 aliphatic heterocycles. The highest BCUT2D eigenvalue weighted by molar-refractivity contribution is 5.60. The molecule has 2 rings (SSSR count). The number of pyridine rings is 1. The fourth-order valence-corrected chi connectivity index (χ4v) is 1.53. The van der Waals surface area contributed by atoms with E-state index in [1.807, 2.05) is 6.07 Å². The second-order valence-electron chi connectivity index (χ2n) is 3.67. The lowest BCUT2D eigenvalue weighted by Gasteiger charge is -2.18. The van der Waals surface area contributed by atoms with Gasteiger partial charge in [-0.25, -0.2) is 13.8 Å². The van der Waals surface area contributed by atoms with Gasteiger partial charge in [0.25, 0.3) is 0 Å². The van der Waals surface area contributed by atoms with E-state index < -0.39 is 11.6 Å². The van der Waals surface area contributed by atoms with E-state index in [1.165, 1.54) is 23.2 Å². The van der Waals surface area contributed by atoms with Crippen LogP contribution in [0.5, 0.6) is 0 Å². The Bertz CT molecular complexity index is 603. The molecule has 0 saturated carbocycles. The molecule has 0 unspecified atom stereocenters. The Kier molecular flexibility index (Phi) is 3.20. The predicted molar refractivity (Wildman–Crippen MR) is 63.4 cm³/mol. The van der Waals surface area contributed by atoms with Crippen LogP contribution >= 0.6 is 0 Å². The molecular formula is C13H9F2N3. The number of rotatable bonds is 2. The standard InChI is InChI=1S/C13H9F2N3/c1-18(12-4-3-10(14)6-11(12)15)13-5-2-9(7-16)8-17-13/h2-6,8H,1H3. The Morgan fingerprint density at radius 1 is 1.22 bits per heavy atom. The van der Waals surface area contributed by atoms with Crippen molar-refractivity contribution in [2.24, 2.45) is 0 Å². The quantitative estimate of drug-likeness (QED) is 0.816. The van der Waals surface area contributed by atoms with Gasteiger partial charge in [-0.2, -0.15) is 5.26 Å². The first kappa shape index (κ1) is 12.0. The Morgan fingerprint density at radius 3 is 2.56 bits per heavy atom. The average molecular weight is 245 g/mol. The minimum atomic E-state index is -0.663. The molecule has 0 N–H and O–H groups in total. The first-order chi connectivity index (χ1) is 8.61. The summed E-state index contributed by atoms with van der Waals surface area (Å²) in [7, 11) is 1.62. The lowest BCUT2D eigenvalue weighted by atomic mass is 10.2. The maximum absolute atomic E-state index is 13.6. The van der Waals surface area contributed by atoms with E-state index in [9.17, 15) is 8.78 Å². The molecular weight excluding hydrogens is 236 g/mol. The van der Waals surface area contributed by atoms with Crippen LogP contribution in [0.25, 0.3) is 0 Å². The first-order valence-corrected chi connectivity index (χ1v) is 5.17. The van der Waals surface area contributed by atoms with Gasteiger partial charge in [0.2, 0.25) is 0 Å². The number of hydrogen-bond acceptors (Lipinski definition) is 3. The third-order valence-corrected chi connectivity index (χ3v) is 2.49. The van der Waals surface area contributed by atoms with Crippen molar-refractivity contribution in [3.05, 3.63) is 53.7 Å². The van der Waals surface area contributed by atoms with E-state index >= 15 is 0 Å². The van der Waals surface area contributed by atoms with Gasteiger partial charge in [-0.1, -0.05) is 0 Å². The zero-order valence-corrected chi connectivity index (χ0v) is 9.56. The SMILES string of the molecule is CN(c1ccc(C#N)cn1)c1ccc(F)cc1F. The van der Waals surface area contributed by atoms with Gasteiger partial charge in [-0.3, -0.25) is 0 Å². The molecule has 0 atom stereocenters. The van der Waals surface area contributed by atoms with E-state index in [-0.39, 0.29) is 5.69 Å². The number of hydrogen-bond donors (Lipinski definition) is 0. The molecule has 0 fully saturated rings. The Hall–Kier alpha value is -2.48. The van der Waals surface area contributed by atoms with Crippen LogP contribution in [-0.2, 0) is 0 Å². The van der Waals surface area contributed by atoms with Crippen molar-refractivity contribution in [1.29, 1.82) is 5.26 Å². The van der Waals surface area contributed by atoms with Crippen LogP contribution in [0.4, 0.5) is 20.3 Å². The minimum Gasteiger partial charge on any atom is -0.327 e. The molecule has 0 saturated heterocycles. The maximum Gasteiger partial charge on any atom is 0.149 e. The molecule has 90 valence electrons. The Morgan fingerprint density at radius 2 is 2.00 bits per heavy atom. The second-order valence-corrected chi connectivity index (χ2v) is 3.67. The predicted octanol–water partition coefficient (Wildman–Crippen LogP) is 3.00. The molecule has 1 aromatic heterocycles. The third kappa shape index (κ3) is 2.28. The van der Waals surface area contributed by atoms with E-state index in [2.05, 4.69) is 4.98 Å². The highest BCUT2D eigenvalue weighted by Gasteiger charge is 2.11. The summed E-state index contributed by atoms with van der Waals surface area (Å²) in [5.41, 5.74) is 0.639. The maximum atomic E-state index is 13.6. The summed E-state index contributed by atoms with van der Waals surface area (Å²) in [6.45, 7) is 0. The smallest absolute Gasteiger partial charge is 0.149 e. The van der Waals surface area contributed by atoms with Gasteiger partial charge >= 0.3 is 0 Å². The summed E-state index contributed by atoms with van der Waals surface area (Å²) in [6.07, 6.45) is 1.40. The molecule has 3 nitrogen and oxygen atoms in total. The summed E-state index contributed by atoms with van der Waals surface area (Å²) < 4.78 is 26.4. The minimum absolute atomic E-state index is 0.216. The number of nitriles is 1. The molecule has 0 aliphatic carbocycles. The fourth-order valence-electron chi connectivity index (χ4n) is 1.53. The molecule has 2 aromatic rings. The lowest BCUT2D eigenvalue weighted by Crippen LogP contribution is -2.12. The molecule has 0 spiro atoms. The van der Waals surface area contributed by atoms with Crippen LogP contribution in [0.2, 0.25) is 0 Å². The average Bonchev–Trinajstić information content (AvgIpc) is 2.38. The Labute approximate surface area is 103 Å². The van der Waals surface area contributed by atoms with Crippen molar-refractivity contribution in [2.75, 3.05) is 11.9 Å². The van der Waals surface area contributed by atoms with Crippen LogP contribution in [0.3, 0.4) is 0 Å².